The van der Waals surface area contributed by atoms with Crippen LogP contribution in [0.4, 0.5) is 0 Å². The monoisotopic (exact) mass is 244 g/mol. The molecule has 0 bridgehead atoms. The molecule has 0 unspecified atom stereocenters. The third-order valence-electron chi connectivity index (χ3n) is 3.54. The molecule has 0 amide bonds. The zero-order valence-electron chi connectivity index (χ0n) is 11.1. The summed E-state index contributed by atoms with van der Waals surface area (Å²) in [5.41, 5.74) is 8.23. The maximum atomic E-state index is 8.93. The van der Waals surface area contributed by atoms with Crippen molar-refractivity contribution in [1.82, 2.24) is 0 Å². The van der Waals surface area contributed by atoms with Gasteiger partial charge in [0.25, 0.3) is 0 Å². The number of hydrogen-bond donors (Lipinski definition) is 1. The molecule has 1 aromatic carbocycles. The normalized spacial score (nSPS) is 18.2. The van der Waals surface area contributed by atoms with E-state index in [0.717, 1.165) is 25.0 Å². The Morgan fingerprint density at radius 2 is 2.28 bits per heavy atom. The van der Waals surface area contributed by atoms with Crippen molar-refractivity contribution in [2.45, 2.75) is 39.2 Å². The Hall–Kier alpha value is -1.53. The largest absolute Gasteiger partial charge is 0.494 e. The molecule has 2 rings (SSSR count). The van der Waals surface area contributed by atoms with Gasteiger partial charge in [-0.2, -0.15) is 5.26 Å². The fraction of sp³-hybridized carbons (Fsp3) is 0.533. The lowest BCUT2D eigenvalue weighted by Crippen LogP contribution is -2.13. The number of hydrogen-bond acceptors (Lipinski definition) is 3. The van der Waals surface area contributed by atoms with E-state index in [2.05, 4.69) is 18.2 Å². The molecular formula is C15H20N2O. The fourth-order valence-electron chi connectivity index (χ4n) is 2.20. The first-order chi connectivity index (χ1) is 8.52. The average molecular weight is 244 g/mol. The van der Waals surface area contributed by atoms with Crippen molar-refractivity contribution < 1.29 is 4.74 Å². The molecule has 18 heavy (non-hydrogen) atoms. The summed E-state index contributed by atoms with van der Waals surface area (Å²) in [4.78, 5) is 0. The number of nitrogens with zero attached hydrogens (tertiary/aromatic N) is 1. The topological polar surface area (TPSA) is 59.0 Å². The van der Waals surface area contributed by atoms with Crippen molar-refractivity contribution in [1.29, 1.82) is 5.26 Å². The molecule has 0 fully saturated rings. The lowest BCUT2D eigenvalue weighted by molar-refractivity contribution is 0.264. The van der Waals surface area contributed by atoms with Crippen molar-refractivity contribution in [3.05, 3.63) is 29.3 Å². The van der Waals surface area contributed by atoms with Crippen LogP contribution in [0.5, 0.6) is 5.75 Å². The minimum Gasteiger partial charge on any atom is -0.494 e. The minimum atomic E-state index is -0.320. The zero-order valence-corrected chi connectivity index (χ0v) is 11.1. The number of aryl methyl sites for hydroxylation is 1. The number of nitrogens with two attached hydrogens (primary N) is 1. The van der Waals surface area contributed by atoms with Gasteiger partial charge in [0.05, 0.1) is 18.1 Å². The summed E-state index contributed by atoms with van der Waals surface area (Å²) in [6.07, 6.45) is 2.80. The summed E-state index contributed by atoms with van der Waals surface area (Å²) in [7, 11) is 0. The summed E-state index contributed by atoms with van der Waals surface area (Å²) < 4.78 is 5.71. The van der Waals surface area contributed by atoms with Crippen molar-refractivity contribution in [3.63, 3.8) is 0 Å². The second-order valence-corrected chi connectivity index (χ2v) is 5.60. The van der Waals surface area contributed by atoms with E-state index in [-0.39, 0.29) is 11.5 Å². The van der Waals surface area contributed by atoms with Crippen LogP contribution in [0.15, 0.2) is 18.2 Å². The van der Waals surface area contributed by atoms with E-state index in [1.54, 1.807) is 0 Å². The molecule has 1 aliphatic rings. The lowest BCUT2D eigenvalue weighted by atomic mass is 9.92. The second-order valence-electron chi connectivity index (χ2n) is 5.60. The summed E-state index contributed by atoms with van der Waals surface area (Å²) in [5.74, 6) is 0.886. The van der Waals surface area contributed by atoms with E-state index in [1.807, 2.05) is 19.9 Å². The van der Waals surface area contributed by atoms with Crippen molar-refractivity contribution >= 4 is 0 Å². The van der Waals surface area contributed by atoms with Crippen LogP contribution in [-0.4, -0.2) is 6.61 Å². The molecule has 0 spiro atoms. The Balaban J connectivity index is 1.94. The van der Waals surface area contributed by atoms with Crippen molar-refractivity contribution in [2.24, 2.45) is 11.1 Å². The standard InChI is InChI=1S/C15H20N2O/c1-15(2,10-16)7-8-18-12-4-5-13-11(9-12)3-6-14(13)17/h4-5,9,14H,3,6-8,17H2,1-2H3/t14-/m1/s1. The predicted octanol–water partition coefficient (Wildman–Crippen LogP) is 2.95. The van der Waals surface area contributed by atoms with E-state index in [0.29, 0.717) is 6.61 Å². The van der Waals surface area contributed by atoms with E-state index in [9.17, 15) is 0 Å². The van der Waals surface area contributed by atoms with E-state index in [1.165, 1.54) is 11.1 Å². The molecule has 1 aliphatic carbocycles. The molecule has 0 saturated carbocycles. The summed E-state index contributed by atoms with van der Waals surface area (Å²) >= 11 is 0. The quantitative estimate of drug-likeness (QED) is 0.885. The number of nitriles is 1. The van der Waals surface area contributed by atoms with Crippen LogP contribution < -0.4 is 10.5 Å². The van der Waals surface area contributed by atoms with E-state index < -0.39 is 0 Å². The van der Waals surface area contributed by atoms with Gasteiger partial charge in [-0.15, -0.1) is 0 Å². The van der Waals surface area contributed by atoms with Gasteiger partial charge in [0.2, 0.25) is 0 Å². The second kappa shape index (κ2) is 4.99. The highest BCUT2D eigenvalue weighted by atomic mass is 16.5. The average Bonchev–Trinajstić information content (AvgIpc) is 2.71. The first kappa shape index (κ1) is 12.9. The van der Waals surface area contributed by atoms with Gasteiger partial charge in [0.1, 0.15) is 5.75 Å². The molecule has 0 radical (unpaired) electrons. The highest BCUT2D eigenvalue weighted by Gasteiger charge is 2.20. The molecule has 1 aromatic rings. The molecule has 0 saturated heterocycles. The number of rotatable bonds is 4. The highest BCUT2D eigenvalue weighted by molar-refractivity contribution is 5.40. The Kier molecular flexibility index (Phi) is 3.58. The molecule has 0 aromatic heterocycles. The number of benzene rings is 1. The summed E-state index contributed by atoms with van der Waals surface area (Å²) in [5, 5.41) is 8.93. The third kappa shape index (κ3) is 2.83. The van der Waals surface area contributed by atoms with E-state index in [4.69, 9.17) is 15.7 Å². The van der Waals surface area contributed by atoms with Gasteiger partial charge < -0.3 is 10.5 Å². The van der Waals surface area contributed by atoms with Crippen molar-refractivity contribution in [2.75, 3.05) is 6.61 Å². The van der Waals surface area contributed by atoms with Gasteiger partial charge in [0, 0.05) is 6.04 Å². The Morgan fingerprint density at radius 3 is 3.00 bits per heavy atom. The molecular weight excluding hydrogens is 224 g/mol. The highest BCUT2D eigenvalue weighted by Crippen LogP contribution is 2.32. The third-order valence-corrected chi connectivity index (χ3v) is 3.54. The van der Waals surface area contributed by atoms with Crippen LogP contribution in [0.1, 0.15) is 43.9 Å². The van der Waals surface area contributed by atoms with Crippen LogP contribution in [0.3, 0.4) is 0 Å². The molecule has 96 valence electrons. The lowest BCUT2D eigenvalue weighted by Gasteiger charge is -2.15. The summed E-state index contributed by atoms with van der Waals surface area (Å²) in [6.45, 7) is 4.43. The Morgan fingerprint density at radius 1 is 1.50 bits per heavy atom. The molecule has 3 heteroatoms. The smallest absolute Gasteiger partial charge is 0.119 e. The van der Waals surface area contributed by atoms with Gasteiger partial charge in [-0.25, -0.2) is 0 Å². The minimum absolute atomic E-state index is 0.187. The van der Waals surface area contributed by atoms with Crippen LogP contribution in [0.25, 0.3) is 0 Å². The van der Waals surface area contributed by atoms with Crippen LogP contribution in [-0.2, 0) is 6.42 Å². The molecule has 1 atom stereocenters. The van der Waals surface area contributed by atoms with Gasteiger partial charge in [-0.05, 0) is 56.4 Å². The maximum Gasteiger partial charge on any atom is 0.119 e. The Labute approximate surface area is 109 Å². The maximum absolute atomic E-state index is 8.93. The predicted molar refractivity (Wildman–Crippen MR) is 71.2 cm³/mol. The van der Waals surface area contributed by atoms with Crippen LogP contribution in [0.2, 0.25) is 0 Å². The molecule has 3 nitrogen and oxygen atoms in total. The first-order valence-electron chi connectivity index (χ1n) is 6.44. The van der Waals surface area contributed by atoms with Gasteiger partial charge in [0.15, 0.2) is 0 Å². The molecule has 2 N–H and O–H groups in total. The van der Waals surface area contributed by atoms with E-state index >= 15 is 0 Å². The SMILES string of the molecule is CC(C)(C#N)CCOc1ccc2c(c1)CC[C@H]2N. The first-order valence-corrected chi connectivity index (χ1v) is 6.44. The zero-order chi connectivity index (χ0) is 13.2. The molecule has 0 heterocycles. The number of ether oxygens (including phenoxy) is 1. The number of fused-ring (bicyclic) bond motifs is 1. The van der Waals surface area contributed by atoms with Gasteiger partial charge in [-0.1, -0.05) is 6.07 Å². The molecule has 0 aliphatic heterocycles. The van der Waals surface area contributed by atoms with Crippen LogP contribution >= 0.6 is 0 Å². The van der Waals surface area contributed by atoms with Gasteiger partial charge in [-0.3, -0.25) is 0 Å². The summed E-state index contributed by atoms with van der Waals surface area (Å²) in [6, 6.07) is 8.59. The fourth-order valence-corrected chi connectivity index (χ4v) is 2.20. The van der Waals surface area contributed by atoms with Crippen molar-refractivity contribution in [3.8, 4) is 11.8 Å². The Bertz CT molecular complexity index is 474. The van der Waals surface area contributed by atoms with Gasteiger partial charge >= 0.3 is 0 Å². The van der Waals surface area contributed by atoms with Crippen LogP contribution in [0, 0.1) is 16.7 Å².